The lowest BCUT2D eigenvalue weighted by Crippen LogP contribution is -2.35. The quantitative estimate of drug-likeness (QED) is 0.536. The molecule has 0 spiro atoms. The van der Waals surface area contributed by atoms with Crippen LogP contribution >= 0.6 is 0 Å². The highest BCUT2D eigenvalue weighted by Gasteiger charge is 2.60. The third-order valence-electron chi connectivity index (χ3n) is 6.14. The third-order valence-corrected chi connectivity index (χ3v) is 6.14. The summed E-state index contributed by atoms with van der Waals surface area (Å²) in [7, 11) is 0. The van der Waals surface area contributed by atoms with Crippen LogP contribution in [0.1, 0.15) is 47.0 Å². The maximum absolute atomic E-state index is 13.0. The van der Waals surface area contributed by atoms with Gasteiger partial charge in [-0.15, -0.1) is 0 Å². The molecule has 0 radical (unpaired) electrons. The van der Waals surface area contributed by atoms with Gasteiger partial charge in [-0.1, -0.05) is 19.1 Å². The van der Waals surface area contributed by atoms with E-state index in [9.17, 15) is 19.2 Å². The number of hydrogen-bond acceptors (Lipinski definition) is 6. The number of fused-ring (bicyclic) bond motifs is 3. The Morgan fingerprint density at radius 2 is 1.96 bits per heavy atom. The lowest BCUT2D eigenvalue weighted by molar-refractivity contribution is -0.154. The number of rotatable bonds is 2. The molecule has 3 aliphatic rings. The number of Topliss-reactive ketones (excluding diaryl/α,β-unsaturated/α-hetero) is 1. The normalized spacial score (nSPS) is 37.2. The Balaban J connectivity index is 2.02. The largest absolute Gasteiger partial charge is 0.454 e. The van der Waals surface area contributed by atoms with Crippen molar-refractivity contribution in [3.63, 3.8) is 0 Å². The van der Waals surface area contributed by atoms with Crippen LogP contribution in [0.3, 0.4) is 0 Å². The number of ketones is 2. The molecule has 5 unspecified atom stereocenters. The van der Waals surface area contributed by atoms with Crippen LogP contribution in [-0.4, -0.2) is 35.7 Å². The van der Waals surface area contributed by atoms with Crippen LogP contribution in [0.5, 0.6) is 0 Å². The first-order valence-corrected chi connectivity index (χ1v) is 9.55. The average molecular weight is 386 g/mol. The molecule has 2 bridgehead atoms. The van der Waals surface area contributed by atoms with Gasteiger partial charge in [0.25, 0.3) is 0 Å². The smallest absolute Gasteiger partial charge is 0.334 e. The van der Waals surface area contributed by atoms with E-state index in [1.54, 1.807) is 13.8 Å². The van der Waals surface area contributed by atoms with Crippen LogP contribution in [0.2, 0.25) is 0 Å². The van der Waals surface area contributed by atoms with Crippen molar-refractivity contribution in [1.29, 1.82) is 0 Å². The Hall–Kier alpha value is -2.50. The predicted octanol–water partition coefficient (Wildman–Crippen LogP) is 2.87. The molecule has 5 atom stereocenters. The van der Waals surface area contributed by atoms with E-state index >= 15 is 0 Å². The van der Waals surface area contributed by atoms with Gasteiger partial charge in [0.2, 0.25) is 0 Å². The fourth-order valence-corrected chi connectivity index (χ4v) is 4.18. The minimum absolute atomic E-state index is 0.168. The summed E-state index contributed by atoms with van der Waals surface area (Å²) in [5, 5.41) is 0. The second-order valence-electron chi connectivity index (χ2n) is 8.40. The van der Waals surface area contributed by atoms with Crippen LogP contribution in [0.15, 0.2) is 35.5 Å². The number of esters is 2. The molecule has 1 aliphatic heterocycles. The van der Waals surface area contributed by atoms with Crippen molar-refractivity contribution in [3.05, 3.63) is 35.5 Å². The zero-order chi connectivity index (χ0) is 20.8. The van der Waals surface area contributed by atoms with E-state index in [-0.39, 0.29) is 23.2 Å². The topological polar surface area (TPSA) is 86.7 Å². The van der Waals surface area contributed by atoms with Crippen molar-refractivity contribution in [2.24, 2.45) is 17.3 Å². The predicted molar refractivity (Wildman–Crippen MR) is 101 cm³/mol. The van der Waals surface area contributed by atoms with Gasteiger partial charge in [0.15, 0.2) is 17.7 Å². The lowest BCUT2D eigenvalue weighted by atomic mass is 9.85. The molecule has 150 valence electrons. The van der Waals surface area contributed by atoms with Gasteiger partial charge >= 0.3 is 11.9 Å². The van der Waals surface area contributed by atoms with Crippen molar-refractivity contribution in [1.82, 2.24) is 0 Å². The third kappa shape index (κ3) is 3.60. The molecule has 0 aromatic heterocycles. The monoisotopic (exact) mass is 386 g/mol. The molecule has 0 aromatic rings. The van der Waals surface area contributed by atoms with E-state index in [4.69, 9.17) is 9.47 Å². The zero-order valence-electron chi connectivity index (χ0n) is 16.7. The molecule has 3 rings (SSSR count). The van der Waals surface area contributed by atoms with Crippen molar-refractivity contribution in [2.45, 2.75) is 59.2 Å². The first-order chi connectivity index (χ1) is 13.0. The van der Waals surface area contributed by atoms with E-state index in [1.165, 1.54) is 13.0 Å². The molecule has 1 heterocycles. The maximum atomic E-state index is 13.0. The lowest BCUT2D eigenvalue weighted by Gasteiger charge is -2.26. The molecule has 6 heteroatoms. The summed E-state index contributed by atoms with van der Waals surface area (Å²) in [6.45, 7) is 10.4. The van der Waals surface area contributed by atoms with Crippen molar-refractivity contribution in [2.75, 3.05) is 0 Å². The number of hydrogen-bond donors (Lipinski definition) is 0. The van der Waals surface area contributed by atoms with Crippen LogP contribution in [0, 0.1) is 17.3 Å². The van der Waals surface area contributed by atoms with E-state index in [2.05, 4.69) is 6.58 Å². The summed E-state index contributed by atoms with van der Waals surface area (Å²) in [5.41, 5.74) is 1.03. The minimum atomic E-state index is -1.07. The summed E-state index contributed by atoms with van der Waals surface area (Å²) in [6, 6.07) is 0. The van der Waals surface area contributed by atoms with Gasteiger partial charge in [-0.2, -0.15) is 0 Å². The van der Waals surface area contributed by atoms with Gasteiger partial charge in [-0.05, 0) is 50.8 Å². The van der Waals surface area contributed by atoms with Crippen LogP contribution in [0.4, 0.5) is 0 Å². The first-order valence-electron chi connectivity index (χ1n) is 9.55. The van der Waals surface area contributed by atoms with E-state index < -0.39 is 35.3 Å². The Morgan fingerprint density at radius 1 is 1.29 bits per heavy atom. The van der Waals surface area contributed by atoms with Crippen LogP contribution < -0.4 is 0 Å². The SMILES string of the molecule is C=C(C)C1CCC2=CC(OC2=O)C2(C)CC2C(=O)/C=C(/C)C(=O)C1OC(C)=O. The molecule has 2 aliphatic carbocycles. The Bertz CT molecular complexity index is 832. The van der Waals surface area contributed by atoms with Gasteiger partial charge < -0.3 is 9.47 Å². The Kier molecular flexibility index (Phi) is 5.17. The van der Waals surface area contributed by atoms with Gasteiger partial charge in [0.1, 0.15) is 6.10 Å². The summed E-state index contributed by atoms with van der Waals surface area (Å²) < 4.78 is 10.9. The number of carbonyl (C=O) groups is 4. The summed E-state index contributed by atoms with van der Waals surface area (Å²) in [5.74, 6) is -2.30. The molecule has 1 fully saturated rings. The van der Waals surface area contributed by atoms with Crippen molar-refractivity contribution < 1.29 is 28.7 Å². The van der Waals surface area contributed by atoms with Crippen LogP contribution in [0.25, 0.3) is 0 Å². The average Bonchev–Trinajstić information content (AvgIpc) is 3.16. The molecule has 0 N–H and O–H groups in total. The second-order valence-corrected chi connectivity index (χ2v) is 8.40. The fourth-order valence-electron chi connectivity index (χ4n) is 4.18. The van der Waals surface area contributed by atoms with Crippen molar-refractivity contribution in [3.8, 4) is 0 Å². The standard InChI is InChI=1S/C22H26O6/c1-11(2)15-7-6-14-9-18(28-21(14)26)22(5)10-16(22)17(24)8-12(3)19(25)20(15)27-13(4)23/h8-9,15-16,18,20H,1,6-7,10H2,2-5H3/b12-8-. The molecule has 6 nitrogen and oxygen atoms in total. The summed E-state index contributed by atoms with van der Waals surface area (Å²) in [6.07, 6.45) is 3.04. The molecule has 0 aromatic carbocycles. The summed E-state index contributed by atoms with van der Waals surface area (Å²) in [4.78, 5) is 49.7. The Morgan fingerprint density at radius 3 is 2.57 bits per heavy atom. The highest BCUT2D eigenvalue weighted by molar-refractivity contribution is 6.06. The van der Waals surface area contributed by atoms with Crippen molar-refractivity contribution >= 4 is 23.5 Å². The first kappa shape index (κ1) is 20.2. The summed E-state index contributed by atoms with van der Waals surface area (Å²) >= 11 is 0. The fraction of sp³-hybridized carbons (Fsp3) is 0.545. The van der Waals surface area contributed by atoms with Gasteiger partial charge in [-0.3, -0.25) is 14.4 Å². The van der Waals surface area contributed by atoms with Gasteiger partial charge in [0.05, 0.1) is 0 Å². The molecular weight excluding hydrogens is 360 g/mol. The highest BCUT2D eigenvalue weighted by Crippen LogP contribution is 2.58. The minimum Gasteiger partial charge on any atom is -0.454 e. The Labute approximate surface area is 164 Å². The second kappa shape index (κ2) is 7.15. The van der Waals surface area contributed by atoms with E-state index in [1.807, 2.05) is 13.0 Å². The molecule has 28 heavy (non-hydrogen) atoms. The molecule has 0 saturated heterocycles. The van der Waals surface area contributed by atoms with E-state index in [0.29, 0.717) is 30.4 Å². The molecular formula is C22H26O6. The number of carbonyl (C=O) groups excluding carboxylic acids is 4. The maximum Gasteiger partial charge on any atom is 0.334 e. The van der Waals surface area contributed by atoms with Gasteiger partial charge in [0, 0.05) is 29.7 Å². The highest BCUT2D eigenvalue weighted by atomic mass is 16.6. The number of ether oxygens (including phenoxy) is 2. The number of allylic oxidation sites excluding steroid dienone is 1. The van der Waals surface area contributed by atoms with E-state index in [0.717, 1.165) is 0 Å². The molecule has 1 saturated carbocycles. The van der Waals surface area contributed by atoms with Gasteiger partial charge in [-0.25, -0.2) is 4.79 Å². The zero-order valence-corrected chi connectivity index (χ0v) is 16.7. The van der Waals surface area contributed by atoms with Crippen LogP contribution in [-0.2, 0) is 28.7 Å². The molecule has 0 amide bonds.